The van der Waals surface area contributed by atoms with Crippen molar-refractivity contribution in [3.63, 3.8) is 0 Å². The van der Waals surface area contributed by atoms with E-state index in [0.717, 1.165) is 32.3 Å². The molecule has 39 heavy (non-hydrogen) atoms. The Morgan fingerprint density at radius 3 is 2.38 bits per heavy atom. The molecule has 2 N–H and O–H groups in total. The second kappa shape index (κ2) is 10.0. The second-order valence-corrected chi connectivity index (χ2v) is 11.8. The van der Waals surface area contributed by atoms with Crippen molar-refractivity contribution in [1.29, 1.82) is 0 Å². The fourth-order valence-corrected chi connectivity index (χ4v) is 5.54. The number of pyridine rings is 1. The number of aliphatic hydroxyl groups is 1. The predicted molar refractivity (Wildman–Crippen MR) is 127 cm³/mol. The van der Waals surface area contributed by atoms with Gasteiger partial charge in [0, 0.05) is 19.7 Å². The molecular weight excluding hydrogens is 554 g/mol. The van der Waals surface area contributed by atoms with E-state index in [9.17, 15) is 31.5 Å². The molecule has 0 radical (unpaired) electrons. The Labute approximate surface area is 220 Å². The van der Waals surface area contributed by atoms with Gasteiger partial charge in [-0.25, -0.2) is 18.2 Å². The van der Waals surface area contributed by atoms with E-state index in [1.807, 2.05) is 4.72 Å². The topological polar surface area (TPSA) is 103 Å². The Balaban J connectivity index is 1.75. The highest BCUT2D eigenvalue weighted by molar-refractivity contribution is 7.87. The van der Waals surface area contributed by atoms with Crippen LogP contribution in [0.15, 0.2) is 36.4 Å². The van der Waals surface area contributed by atoms with Gasteiger partial charge in [0.2, 0.25) is 0 Å². The molecule has 1 aromatic carbocycles. The van der Waals surface area contributed by atoms with Crippen molar-refractivity contribution < 1.29 is 44.7 Å². The van der Waals surface area contributed by atoms with Crippen LogP contribution in [-0.2, 0) is 27.6 Å². The fourth-order valence-electron chi connectivity index (χ4n) is 4.68. The molecule has 0 unspecified atom stereocenters. The van der Waals surface area contributed by atoms with Crippen molar-refractivity contribution in [3.8, 4) is 11.3 Å². The maximum Gasteiger partial charge on any atom is 0.433 e. The van der Waals surface area contributed by atoms with Crippen LogP contribution < -0.4 is 4.72 Å². The van der Waals surface area contributed by atoms with Gasteiger partial charge in [0.25, 0.3) is 22.0 Å². The van der Waals surface area contributed by atoms with E-state index in [0.29, 0.717) is 21.7 Å². The summed E-state index contributed by atoms with van der Waals surface area (Å²) in [6.45, 7) is -1.23. The lowest BCUT2D eigenvalue weighted by molar-refractivity contribution is -0.162. The first kappa shape index (κ1) is 29.2. The summed E-state index contributed by atoms with van der Waals surface area (Å²) in [6, 6.07) is 2.73. The van der Waals surface area contributed by atoms with Crippen molar-refractivity contribution in [2.45, 2.75) is 55.5 Å². The first-order chi connectivity index (χ1) is 18.0. The largest absolute Gasteiger partial charge is 0.433 e. The van der Waals surface area contributed by atoms with Crippen LogP contribution in [0.3, 0.4) is 0 Å². The Bertz CT molecular complexity index is 1360. The first-order valence-electron chi connectivity index (χ1n) is 11.9. The van der Waals surface area contributed by atoms with Gasteiger partial charge >= 0.3 is 6.18 Å². The molecule has 2 fully saturated rings. The quantitative estimate of drug-likeness (QED) is 0.491. The molecule has 2 aliphatic rings. The smallest absolute Gasteiger partial charge is 0.380 e. The minimum atomic E-state index is -4.79. The summed E-state index contributed by atoms with van der Waals surface area (Å²) in [6.07, 6.45) is -4.89. The van der Waals surface area contributed by atoms with Crippen LogP contribution in [0.5, 0.6) is 0 Å². The van der Waals surface area contributed by atoms with Crippen LogP contribution in [0, 0.1) is 5.82 Å². The number of nitrogens with one attached hydrogen (secondary N) is 1. The number of likely N-dealkylation sites (tertiary alicyclic amines) is 1. The summed E-state index contributed by atoms with van der Waals surface area (Å²) >= 11 is 0. The molecule has 4 rings (SSSR count). The highest BCUT2D eigenvalue weighted by Gasteiger charge is 2.60. The minimum absolute atomic E-state index is 0.0276. The van der Waals surface area contributed by atoms with Crippen molar-refractivity contribution in [2.24, 2.45) is 0 Å². The average molecular weight is 581 g/mol. The number of amides is 1. The van der Waals surface area contributed by atoms with E-state index in [-0.39, 0.29) is 29.7 Å². The van der Waals surface area contributed by atoms with Crippen molar-refractivity contribution >= 4 is 16.1 Å². The molecule has 0 bridgehead atoms. The second-order valence-electron chi connectivity index (χ2n) is 9.92. The maximum absolute atomic E-state index is 15.7. The van der Waals surface area contributed by atoms with Crippen molar-refractivity contribution in [3.05, 3.63) is 53.5 Å². The summed E-state index contributed by atoms with van der Waals surface area (Å²) in [5, 5.41) is 10.6. The van der Waals surface area contributed by atoms with E-state index in [1.165, 1.54) is 12.1 Å². The molecule has 1 saturated heterocycles. The summed E-state index contributed by atoms with van der Waals surface area (Å²) in [5.41, 5.74) is -4.12. The monoisotopic (exact) mass is 580 g/mol. The number of benzene rings is 1. The zero-order chi connectivity index (χ0) is 29.0. The zero-order valence-corrected chi connectivity index (χ0v) is 21.7. The zero-order valence-electron chi connectivity index (χ0n) is 20.8. The summed E-state index contributed by atoms with van der Waals surface area (Å²) in [4.78, 5) is 17.3. The molecule has 15 heteroatoms. The average Bonchev–Trinajstić information content (AvgIpc) is 3.07. The Kier molecular flexibility index (Phi) is 7.51. The Morgan fingerprint density at radius 1 is 1.18 bits per heavy atom. The fraction of sp³-hybridized carbons (Fsp3) is 0.500. The van der Waals surface area contributed by atoms with Gasteiger partial charge in [0.15, 0.2) is 0 Å². The number of hydrogen-bond acceptors (Lipinski definition) is 5. The molecule has 2 atom stereocenters. The lowest BCUT2D eigenvalue weighted by Crippen LogP contribution is -2.58. The molecule has 214 valence electrons. The van der Waals surface area contributed by atoms with Crippen LogP contribution in [0.1, 0.15) is 30.5 Å². The first-order valence-corrected chi connectivity index (χ1v) is 13.3. The number of halogens is 6. The van der Waals surface area contributed by atoms with Gasteiger partial charge in [-0.3, -0.25) is 4.79 Å². The number of hydrogen-bond donors (Lipinski definition) is 2. The molecule has 1 amide bonds. The molecule has 1 saturated carbocycles. The number of nitrogens with zero attached hydrogens (tertiary/aromatic N) is 3. The number of carbonyl (C=O) groups is 1. The lowest BCUT2D eigenvalue weighted by Gasteiger charge is -2.40. The maximum atomic E-state index is 15.7. The Hall–Kier alpha value is -2.75. The number of alkyl halides is 5. The molecule has 8 nitrogen and oxygen atoms in total. The SMILES string of the molecule is CN(C)S(=O)(=O)N[C@@H]1[C@H](Cc2cccc(-c3cccc(C(F)(F)F)n3)c2F)N(C(=O)C2(O)CCC2)CC1(F)F. The van der Waals surface area contributed by atoms with E-state index >= 15 is 13.2 Å². The lowest BCUT2D eigenvalue weighted by atomic mass is 9.79. The number of carbonyl (C=O) groups excluding carboxylic acids is 1. The Morgan fingerprint density at radius 2 is 1.82 bits per heavy atom. The van der Waals surface area contributed by atoms with Crippen LogP contribution in [0.2, 0.25) is 0 Å². The van der Waals surface area contributed by atoms with Gasteiger partial charge in [-0.1, -0.05) is 18.2 Å². The normalized spacial score (nSPS) is 22.7. The molecule has 1 aromatic heterocycles. The van der Waals surface area contributed by atoms with Gasteiger partial charge in [0.1, 0.15) is 23.2 Å². The third-order valence-corrected chi connectivity index (χ3v) is 8.55. The number of rotatable bonds is 7. The summed E-state index contributed by atoms with van der Waals surface area (Å²) in [5.74, 6) is -5.88. The molecule has 1 aliphatic carbocycles. The third kappa shape index (κ3) is 5.62. The predicted octanol–water partition coefficient (Wildman–Crippen LogP) is 2.97. The highest BCUT2D eigenvalue weighted by atomic mass is 32.2. The molecule has 1 aliphatic heterocycles. The van der Waals surface area contributed by atoms with Crippen molar-refractivity contribution in [1.82, 2.24) is 18.9 Å². The van der Waals surface area contributed by atoms with E-state index in [2.05, 4.69) is 4.98 Å². The third-order valence-electron chi connectivity index (χ3n) is 7.04. The number of aromatic nitrogens is 1. The van der Waals surface area contributed by atoms with E-state index < -0.39 is 70.4 Å². The van der Waals surface area contributed by atoms with Crippen LogP contribution in [-0.4, -0.2) is 77.9 Å². The molecule has 2 aromatic rings. The van der Waals surface area contributed by atoms with E-state index in [1.54, 1.807) is 0 Å². The van der Waals surface area contributed by atoms with Gasteiger partial charge in [-0.2, -0.15) is 30.6 Å². The van der Waals surface area contributed by atoms with Crippen molar-refractivity contribution in [2.75, 3.05) is 20.6 Å². The summed E-state index contributed by atoms with van der Waals surface area (Å²) in [7, 11) is -2.23. The van der Waals surface area contributed by atoms with Gasteiger partial charge in [-0.05, 0) is 49.4 Å². The molecule has 0 spiro atoms. The molecular formula is C24H26F6N4O4S. The molecule has 2 heterocycles. The van der Waals surface area contributed by atoms with Crippen LogP contribution in [0.25, 0.3) is 11.3 Å². The van der Waals surface area contributed by atoms with Gasteiger partial charge in [-0.15, -0.1) is 0 Å². The summed E-state index contributed by atoms with van der Waals surface area (Å²) < 4.78 is 113. The van der Waals surface area contributed by atoms with Crippen LogP contribution >= 0.6 is 0 Å². The standard InChI is InChI=1S/C24H26F6N4O4S/c1-33(2)39(37,38)32-20-17(34(13-23(20,26)27)21(35)22(36)10-5-11-22)12-14-6-3-7-15(19(14)25)16-8-4-9-18(31-16)24(28,29)30/h3-4,6-9,17,20,32,36H,5,10-13H2,1-2H3/t17-,20+/m0/s1. The highest BCUT2D eigenvalue weighted by Crippen LogP contribution is 2.41. The van der Waals surface area contributed by atoms with Gasteiger partial charge < -0.3 is 10.0 Å². The van der Waals surface area contributed by atoms with Crippen LogP contribution in [0.4, 0.5) is 26.3 Å². The minimum Gasteiger partial charge on any atom is -0.380 e. The van der Waals surface area contributed by atoms with Gasteiger partial charge in [0.05, 0.1) is 18.3 Å². The van der Waals surface area contributed by atoms with E-state index in [4.69, 9.17) is 0 Å².